The van der Waals surface area contributed by atoms with Crippen LogP contribution in [0.15, 0.2) is 46.6 Å². The third kappa shape index (κ3) is 3.10. The average molecular weight is 318 g/mol. The molecule has 0 amide bonds. The number of hydrogen-bond donors (Lipinski definition) is 2. The molecule has 6 nitrogen and oxygen atoms in total. The Bertz CT molecular complexity index is 854. The highest BCUT2D eigenvalue weighted by Crippen LogP contribution is 2.40. The van der Waals surface area contributed by atoms with Crippen LogP contribution in [0.5, 0.6) is 0 Å². The second-order valence-corrected chi connectivity index (χ2v) is 5.43. The Labute approximate surface area is 136 Å². The molecular formula is C16H10N6S. The Kier molecular flexibility index (Phi) is 4.14. The maximum atomic E-state index is 9.32. The summed E-state index contributed by atoms with van der Waals surface area (Å²) in [5.41, 5.74) is 2.13. The first-order valence-electron chi connectivity index (χ1n) is 6.63. The summed E-state index contributed by atoms with van der Waals surface area (Å²) < 4.78 is 0. The second-order valence-electron chi connectivity index (χ2n) is 4.45. The van der Waals surface area contributed by atoms with Crippen molar-refractivity contribution in [2.45, 2.75) is 0 Å². The normalized spacial score (nSPS) is 11.0. The molecule has 7 heteroatoms. The van der Waals surface area contributed by atoms with E-state index in [9.17, 15) is 10.5 Å². The number of nitrogens with zero attached hydrogens (tertiary/aromatic N) is 4. The summed E-state index contributed by atoms with van der Waals surface area (Å²) in [6.45, 7) is 0. The van der Waals surface area contributed by atoms with Crippen molar-refractivity contribution in [1.82, 2.24) is 9.97 Å². The molecule has 2 N–H and O–H groups in total. The van der Waals surface area contributed by atoms with E-state index >= 15 is 0 Å². The van der Waals surface area contributed by atoms with Gasteiger partial charge < -0.3 is 9.97 Å². The Hall–Kier alpha value is -3.42. The molecule has 0 saturated carbocycles. The zero-order valence-corrected chi connectivity index (χ0v) is 12.6. The third-order valence-corrected chi connectivity index (χ3v) is 3.99. The van der Waals surface area contributed by atoms with Gasteiger partial charge in [-0.05, 0) is 24.3 Å². The number of hydrogen-bond acceptors (Lipinski definition) is 5. The van der Waals surface area contributed by atoms with Gasteiger partial charge in [-0.1, -0.05) is 11.3 Å². The van der Waals surface area contributed by atoms with E-state index in [-0.39, 0.29) is 11.1 Å². The Morgan fingerprint density at radius 2 is 1.35 bits per heavy atom. The molecule has 3 heterocycles. The van der Waals surface area contributed by atoms with Gasteiger partial charge in [-0.25, -0.2) is 9.98 Å². The summed E-state index contributed by atoms with van der Waals surface area (Å²) in [7, 11) is 0. The van der Waals surface area contributed by atoms with E-state index in [2.05, 4.69) is 20.0 Å². The smallest absolute Gasteiger partial charge is 0.137 e. The van der Waals surface area contributed by atoms with Gasteiger partial charge in [0.15, 0.2) is 0 Å². The Morgan fingerprint density at radius 3 is 1.70 bits per heavy atom. The van der Waals surface area contributed by atoms with Crippen LogP contribution in [-0.4, -0.2) is 22.4 Å². The van der Waals surface area contributed by atoms with E-state index in [1.165, 1.54) is 11.3 Å². The van der Waals surface area contributed by atoms with Crippen molar-refractivity contribution >= 4 is 33.8 Å². The minimum Gasteiger partial charge on any atom is -0.360 e. The summed E-state index contributed by atoms with van der Waals surface area (Å²) in [5.74, 6) is 0. The van der Waals surface area contributed by atoms with E-state index in [1.807, 2.05) is 36.4 Å². The molecule has 3 rings (SSSR count). The number of nitrogens with one attached hydrogen (secondary N) is 2. The lowest BCUT2D eigenvalue weighted by Gasteiger charge is -1.88. The van der Waals surface area contributed by atoms with Crippen molar-refractivity contribution in [2.24, 2.45) is 9.98 Å². The van der Waals surface area contributed by atoms with Crippen molar-refractivity contribution in [3.63, 3.8) is 0 Å². The van der Waals surface area contributed by atoms with Gasteiger partial charge in [-0.2, -0.15) is 10.5 Å². The molecule has 23 heavy (non-hydrogen) atoms. The summed E-state index contributed by atoms with van der Waals surface area (Å²) >= 11 is 1.21. The van der Waals surface area contributed by atoms with Crippen LogP contribution < -0.4 is 0 Å². The third-order valence-electron chi connectivity index (χ3n) is 2.98. The van der Waals surface area contributed by atoms with Crippen LogP contribution in [-0.2, 0) is 0 Å². The van der Waals surface area contributed by atoms with Crippen molar-refractivity contribution in [1.29, 1.82) is 10.5 Å². The summed E-state index contributed by atoms with van der Waals surface area (Å²) in [6.07, 6.45) is 6.81. The average Bonchev–Trinajstić information content (AvgIpc) is 3.30. The topological polar surface area (TPSA) is 104 Å². The van der Waals surface area contributed by atoms with E-state index in [1.54, 1.807) is 24.8 Å². The maximum Gasteiger partial charge on any atom is 0.137 e. The van der Waals surface area contributed by atoms with Gasteiger partial charge in [0.05, 0.1) is 23.8 Å². The van der Waals surface area contributed by atoms with Crippen LogP contribution in [0.2, 0.25) is 0 Å². The SMILES string of the molecule is N#Cc1c(N=Cc2ccc[nH]2)sc(N=Cc2ccc[nH]2)c1C#N. The van der Waals surface area contributed by atoms with Gasteiger partial charge in [0.25, 0.3) is 0 Å². The summed E-state index contributed by atoms with van der Waals surface area (Å²) in [6, 6.07) is 11.5. The minimum atomic E-state index is 0.249. The molecule has 0 aliphatic rings. The largest absolute Gasteiger partial charge is 0.360 e. The fraction of sp³-hybridized carbons (Fsp3) is 0. The van der Waals surface area contributed by atoms with E-state index in [0.717, 1.165) is 11.4 Å². The van der Waals surface area contributed by atoms with Crippen molar-refractivity contribution in [3.8, 4) is 12.1 Å². The first kappa shape index (κ1) is 14.5. The number of aromatic nitrogens is 2. The molecule has 3 aromatic heterocycles. The standard InChI is InChI=1S/C16H10N6S/c17-7-13-14(8-18)16(22-10-12-4-2-6-20-12)23-15(13)21-9-11-3-1-5-19-11/h1-6,9-10,19-20H. The number of aromatic amines is 2. The number of nitriles is 2. The highest BCUT2D eigenvalue weighted by atomic mass is 32.1. The van der Waals surface area contributed by atoms with E-state index in [0.29, 0.717) is 10.0 Å². The van der Waals surface area contributed by atoms with Gasteiger partial charge in [0.2, 0.25) is 0 Å². The monoisotopic (exact) mass is 318 g/mol. The lowest BCUT2D eigenvalue weighted by Crippen LogP contribution is -1.80. The first-order chi connectivity index (χ1) is 11.3. The van der Waals surface area contributed by atoms with Gasteiger partial charge in [0, 0.05) is 12.4 Å². The molecule has 0 aliphatic carbocycles. The van der Waals surface area contributed by atoms with Gasteiger partial charge in [-0.15, -0.1) is 0 Å². The van der Waals surface area contributed by atoms with E-state index < -0.39 is 0 Å². The number of H-pyrrole nitrogens is 2. The zero-order chi connectivity index (χ0) is 16.1. The molecule has 0 bridgehead atoms. The highest BCUT2D eigenvalue weighted by Gasteiger charge is 2.17. The van der Waals surface area contributed by atoms with Crippen LogP contribution in [0.4, 0.5) is 10.0 Å². The Morgan fingerprint density at radius 1 is 0.870 bits per heavy atom. The van der Waals surface area contributed by atoms with Crippen LogP contribution >= 0.6 is 11.3 Å². The first-order valence-corrected chi connectivity index (χ1v) is 7.45. The van der Waals surface area contributed by atoms with Crippen LogP contribution in [0.1, 0.15) is 22.5 Å². The molecule has 0 unspecified atom stereocenters. The lowest BCUT2D eigenvalue weighted by molar-refractivity contribution is 1.38. The quantitative estimate of drug-likeness (QED) is 0.717. The predicted molar refractivity (Wildman–Crippen MR) is 89.8 cm³/mol. The van der Waals surface area contributed by atoms with Gasteiger partial charge in [-0.3, -0.25) is 0 Å². The van der Waals surface area contributed by atoms with Crippen LogP contribution in [0.3, 0.4) is 0 Å². The van der Waals surface area contributed by atoms with Crippen molar-refractivity contribution < 1.29 is 0 Å². The predicted octanol–water partition coefficient (Wildman–Crippen LogP) is 3.65. The molecule has 0 saturated heterocycles. The van der Waals surface area contributed by atoms with E-state index in [4.69, 9.17) is 0 Å². The minimum absolute atomic E-state index is 0.249. The molecule has 0 aromatic carbocycles. The molecule has 0 aliphatic heterocycles. The second kappa shape index (κ2) is 6.56. The molecule has 3 aromatic rings. The molecule has 0 radical (unpaired) electrons. The molecule has 110 valence electrons. The molecule has 0 atom stereocenters. The van der Waals surface area contributed by atoms with Crippen LogP contribution in [0.25, 0.3) is 0 Å². The van der Waals surface area contributed by atoms with Crippen LogP contribution in [0, 0.1) is 22.7 Å². The Balaban J connectivity index is 1.98. The number of thiophene rings is 1. The zero-order valence-electron chi connectivity index (χ0n) is 11.8. The van der Waals surface area contributed by atoms with Crippen molar-refractivity contribution in [3.05, 3.63) is 59.2 Å². The molecule has 0 fully saturated rings. The molecule has 0 spiro atoms. The highest BCUT2D eigenvalue weighted by molar-refractivity contribution is 7.20. The fourth-order valence-corrected chi connectivity index (χ4v) is 2.80. The maximum absolute atomic E-state index is 9.32. The van der Waals surface area contributed by atoms with Crippen molar-refractivity contribution in [2.75, 3.05) is 0 Å². The molecular weight excluding hydrogens is 308 g/mol. The number of aliphatic imine (C=N–C) groups is 2. The lowest BCUT2D eigenvalue weighted by atomic mass is 10.2. The summed E-state index contributed by atoms with van der Waals surface area (Å²) in [4.78, 5) is 14.6. The van der Waals surface area contributed by atoms with Gasteiger partial charge >= 0.3 is 0 Å². The summed E-state index contributed by atoms with van der Waals surface area (Å²) in [5, 5.41) is 19.6. The van der Waals surface area contributed by atoms with Gasteiger partial charge in [0.1, 0.15) is 33.3 Å². The number of rotatable bonds is 4. The fourth-order valence-electron chi connectivity index (χ4n) is 1.90.